The summed E-state index contributed by atoms with van der Waals surface area (Å²) in [7, 11) is 4.09. The highest BCUT2D eigenvalue weighted by Crippen LogP contribution is 2.13. The van der Waals surface area contributed by atoms with Gasteiger partial charge in [-0.05, 0) is 35.4 Å². The zero-order chi connectivity index (χ0) is 17.9. The maximum absolute atomic E-state index is 6.23. The van der Waals surface area contributed by atoms with Crippen LogP contribution in [0.3, 0.4) is 0 Å². The second-order valence-corrected chi connectivity index (χ2v) is 6.56. The standard InChI is InChI=1S/C24H21NO/c1-25(2)20-14-12-19(13-15-20)17-24-22-11-7-6-10-21(22)23(26-24)16-18-8-4-3-5-9-18/h3-17H,1-2H3/b23-16+,24-17+. The van der Waals surface area contributed by atoms with E-state index >= 15 is 0 Å². The predicted octanol–water partition coefficient (Wildman–Crippen LogP) is 4.16. The van der Waals surface area contributed by atoms with Gasteiger partial charge in [0, 0.05) is 30.6 Å². The van der Waals surface area contributed by atoms with Crippen molar-refractivity contribution in [3.8, 4) is 0 Å². The number of furan rings is 1. The van der Waals surface area contributed by atoms with Gasteiger partial charge in [-0.3, -0.25) is 0 Å². The minimum absolute atomic E-state index is 0.889. The summed E-state index contributed by atoms with van der Waals surface area (Å²) < 4.78 is 6.23. The van der Waals surface area contributed by atoms with E-state index in [2.05, 4.69) is 77.7 Å². The fraction of sp³-hybridized carbons (Fsp3) is 0.0833. The normalized spacial score (nSPS) is 12.7. The van der Waals surface area contributed by atoms with E-state index in [0.717, 1.165) is 32.7 Å². The topological polar surface area (TPSA) is 16.4 Å². The lowest BCUT2D eigenvalue weighted by molar-refractivity contribution is 0.508. The van der Waals surface area contributed by atoms with Crippen molar-refractivity contribution in [2.24, 2.45) is 0 Å². The van der Waals surface area contributed by atoms with Gasteiger partial charge in [0.1, 0.15) is 10.8 Å². The van der Waals surface area contributed by atoms with Gasteiger partial charge in [-0.2, -0.15) is 0 Å². The molecule has 0 unspecified atom stereocenters. The van der Waals surface area contributed by atoms with Crippen LogP contribution in [-0.2, 0) is 0 Å². The number of hydrogen-bond donors (Lipinski definition) is 0. The Morgan fingerprint density at radius 3 is 1.65 bits per heavy atom. The number of rotatable bonds is 3. The molecule has 26 heavy (non-hydrogen) atoms. The highest BCUT2D eigenvalue weighted by Gasteiger charge is 2.03. The Balaban J connectivity index is 1.87. The zero-order valence-corrected chi connectivity index (χ0v) is 15.0. The van der Waals surface area contributed by atoms with Crippen molar-refractivity contribution < 1.29 is 4.42 Å². The number of benzene rings is 3. The Labute approximate surface area is 153 Å². The van der Waals surface area contributed by atoms with Gasteiger partial charge in [0.05, 0.1) is 0 Å². The van der Waals surface area contributed by atoms with Gasteiger partial charge in [0.15, 0.2) is 0 Å². The average Bonchev–Trinajstić information content (AvgIpc) is 3.01. The van der Waals surface area contributed by atoms with Crippen LogP contribution in [0.4, 0.5) is 5.69 Å². The lowest BCUT2D eigenvalue weighted by atomic mass is 10.1. The molecule has 0 saturated carbocycles. The minimum atomic E-state index is 0.889. The summed E-state index contributed by atoms with van der Waals surface area (Å²) in [6, 6.07) is 27.1. The van der Waals surface area contributed by atoms with Gasteiger partial charge in [-0.1, -0.05) is 66.7 Å². The molecule has 0 bridgehead atoms. The van der Waals surface area contributed by atoms with Gasteiger partial charge < -0.3 is 9.32 Å². The molecule has 128 valence electrons. The summed E-state index contributed by atoms with van der Waals surface area (Å²) in [5.41, 5.74) is 5.23. The molecule has 0 aliphatic carbocycles. The quantitative estimate of drug-likeness (QED) is 0.557. The fourth-order valence-electron chi connectivity index (χ4n) is 3.08. The van der Waals surface area contributed by atoms with Crippen molar-refractivity contribution in [3.63, 3.8) is 0 Å². The van der Waals surface area contributed by atoms with Crippen molar-refractivity contribution in [2.45, 2.75) is 0 Å². The van der Waals surface area contributed by atoms with E-state index in [1.807, 2.05) is 32.3 Å². The van der Waals surface area contributed by atoms with Crippen LogP contribution < -0.4 is 15.7 Å². The van der Waals surface area contributed by atoms with Gasteiger partial charge >= 0.3 is 0 Å². The molecule has 0 saturated heterocycles. The smallest absolute Gasteiger partial charge is 0.136 e. The molecule has 0 atom stereocenters. The molecule has 1 heterocycles. The van der Waals surface area contributed by atoms with Crippen LogP contribution in [0.25, 0.3) is 22.9 Å². The van der Waals surface area contributed by atoms with Gasteiger partial charge in [-0.25, -0.2) is 0 Å². The molecule has 1 aromatic heterocycles. The van der Waals surface area contributed by atoms with E-state index in [0.29, 0.717) is 0 Å². The molecule has 0 aliphatic heterocycles. The monoisotopic (exact) mass is 339 g/mol. The maximum atomic E-state index is 6.23. The summed E-state index contributed by atoms with van der Waals surface area (Å²) in [5, 5.41) is 2.26. The number of fused-ring (bicyclic) bond motifs is 1. The van der Waals surface area contributed by atoms with E-state index < -0.39 is 0 Å². The van der Waals surface area contributed by atoms with Gasteiger partial charge in [-0.15, -0.1) is 0 Å². The minimum Gasteiger partial charge on any atom is -0.456 e. The second-order valence-electron chi connectivity index (χ2n) is 6.56. The van der Waals surface area contributed by atoms with E-state index in [1.165, 1.54) is 5.69 Å². The molecule has 2 nitrogen and oxygen atoms in total. The van der Waals surface area contributed by atoms with Crippen molar-refractivity contribution in [3.05, 3.63) is 101 Å². The largest absolute Gasteiger partial charge is 0.456 e. The average molecular weight is 339 g/mol. The van der Waals surface area contributed by atoms with Crippen LogP contribution in [0, 0.1) is 0 Å². The lowest BCUT2D eigenvalue weighted by Crippen LogP contribution is -2.08. The van der Waals surface area contributed by atoms with Gasteiger partial charge in [0.25, 0.3) is 0 Å². The Kier molecular flexibility index (Phi) is 4.32. The summed E-state index contributed by atoms with van der Waals surface area (Å²) in [4.78, 5) is 2.10. The van der Waals surface area contributed by atoms with E-state index in [9.17, 15) is 0 Å². The Hall–Kier alpha value is -3.26. The van der Waals surface area contributed by atoms with Crippen LogP contribution in [0.5, 0.6) is 0 Å². The third-order valence-corrected chi connectivity index (χ3v) is 4.48. The van der Waals surface area contributed by atoms with Crippen LogP contribution in [0.1, 0.15) is 11.1 Å². The first-order valence-electron chi connectivity index (χ1n) is 8.74. The van der Waals surface area contributed by atoms with Crippen LogP contribution >= 0.6 is 0 Å². The molecular formula is C24H21NO. The Morgan fingerprint density at radius 1 is 0.615 bits per heavy atom. The number of nitrogens with zero attached hydrogens (tertiary/aromatic N) is 1. The first kappa shape index (κ1) is 16.2. The Morgan fingerprint density at radius 2 is 1.12 bits per heavy atom. The van der Waals surface area contributed by atoms with Crippen molar-refractivity contribution in [1.82, 2.24) is 0 Å². The Bertz CT molecular complexity index is 1140. The number of hydrogen-bond acceptors (Lipinski definition) is 2. The van der Waals surface area contributed by atoms with Crippen LogP contribution in [-0.4, -0.2) is 14.1 Å². The molecule has 4 aromatic rings. The van der Waals surface area contributed by atoms with Crippen molar-refractivity contribution >= 4 is 28.6 Å². The zero-order valence-electron chi connectivity index (χ0n) is 15.0. The molecule has 0 amide bonds. The first-order valence-corrected chi connectivity index (χ1v) is 8.74. The lowest BCUT2D eigenvalue weighted by Gasteiger charge is -2.11. The van der Waals surface area contributed by atoms with Crippen molar-refractivity contribution in [1.29, 1.82) is 0 Å². The summed E-state index contributed by atoms with van der Waals surface area (Å²) in [5.74, 6) is 0. The van der Waals surface area contributed by atoms with E-state index in [-0.39, 0.29) is 0 Å². The van der Waals surface area contributed by atoms with Crippen LogP contribution in [0.15, 0.2) is 83.3 Å². The first-order chi connectivity index (χ1) is 12.7. The summed E-state index contributed by atoms with van der Waals surface area (Å²) in [6.07, 6.45) is 4.19. The molecule has 0 fully saturated rings. The summed E-state index contributed by atoms with van der Waals surface area (Å²) in [6.45, 7) is 0. The van der Waals surface area contributed by atoms with Crippen molar-refractivity contribution in [2.75, 3.05) is 19.0 Å². The van der Waals surface area contributed by atoms with Gasteiger partial charge in [0.2, 0.25) is 0 Å². The second kappa shape index (κ2) is 6.93. The highest BCUT2D eigenvalue weighted by molar-refractivity contribution is 5.84. The maximum Gasteiger partial charge on any atom is 0.136 e. The molecule has 4 rings (SSSR count). The third kappa shape index (κ3) is 3.27. The van der Waals surface area contributed by atoms with E-state index in [4.69, 9.17) is 4.42 Å². The molecule has 0 radical (unpaired) electrons. The predicted molar refractivity (Wildman–Crippen MR) is 110 cm³/mol. The van der Waals surface area contributed by atoms with E-state index in [1.54, 1.807) is 0 Å². The molecule has 3 aromatic carbocycles. The molecule has 0 spiro atoms. The molecule has 0 N–H and O–H groups in total. The van der Waals surface area contributed by atoms with Crippen LogP contribution in [0.2, 0.25) is 0 Å². The molecule has 0 aliphatic rings. The fourth-order valence-corrected chi connectivity index (χ4v) is 3.08. The summed E-state index contributed by atoms with van der Waals surface area (Å²) >= 11 is 0. The number of anilines is 1. The SMILES string of the molecule is CN(C)c1ccc(/C=c2/o/c(=C/c3ccccc3)c3ccccc23)cc1. The molecule has 2 heteroatoms. The highest BCUT2D eigenvalue weighted by atomic mass is 16.3. The molecular weight excluding hydrogens is 318 g/mol. The third-order valence-electron chi connectivity index (χ3n) is 4.48.